The first-order valence-electron chi connectivity index (χ1n) is 8.26. The molecule has 0 unspecified atom stereocenters. The number of carbonyl (C=O) groups excluding carboxylic acids is 1. The minimum atomic E-state index is -0.194. The van der Waals surface area contributed by atoms with E-state index in [1.807, 2.05) is 43.3 Å². The minimum Gasteiger partial charge on any atom is -0.493 e. The Balaban J connectivity index is 2.01. The lowest BCUT2D eigenvalue weighted by Gasteiger charge is -2.17. The lowest BCUT2D eigenvalue weighted by molar-refractivity contribution is -0.113. The van der Waals surface area contributed by atoms with Crippen molar-refractivity contribution in [1.29, 1.82) is 0 Å². The van der Waals surface area contributed by atoms with E-state index in [2.05, 4.69) is 5.32 Å². The summed E-state index contributed by atoms with van der Waals surface area (Å²) in [6.07, 6.45) is 2.54. The first-order chi connectivity index (χ1) is 12.6. The largest absolute Gasteiger partial charge is 0.493 e. The van der Waals surface area contributed by atoms with Crippen molar-refractivity contribution in [3.63, 3.8) is 0 Å². The van der Waals surface area contributed by atoms with Crippen LogP contribution in [0.2, 0.25) is 0 Å². The number of benzene rings is 2. The topological polar surface area (TPSA) is 50.8 Å². The number of rotatable bonds is 5. The van der Waals surface area contributed by atoms with Gasteiger partial charge in [0.25, 0.3) is 5.91 Å². The molecule has 0 aliphatic carbocycles. The van der Waals surface area contributed by atoms with Crippen LogP contribution in [0.4, 0.5) is 5.69 Å². The zero-order chi connectivity index (χ0) is 18.7. The van der Waals surface area contributed by atoms with Crippen LogP contribution in [0.5, 0.6) is 11.5 Å². The monoisotopic (exact) mass is 368 g/mol. The Bertz CT molecular complexity index is 892. The number of aryl methyl sites for hydroxylation is 1. The molecule has 0 aromatic heterocycles. The summed E-state index contributed by atoms with van der Waals surface area (Å²) < 4.78 is 10.7. The van der Waals surface area contributed by atoms with Crippen molar-refractivity contribution >= 4 is 35.0 Å². The molecule has 1 aliphatic rings. The third-order valence-corrected chi connectivity index (χ3v) is 4.51. The van der Waals surface area contributed by atoms with Gasteiger partial charge in [0.05, 0.1) is 19.9 Å². The second kappa shape index (κ2) is 7.58. The van der Waals surface area contributed by atoms with Gasteiger partial charge in [0.1, 0.15) is 5.70 Å². The summed E-state index contributed by atoms with van der Waals surface area (Å²) in [6.45, 7) is 2.05. The van der Waals surface area contributed by atoms with Crippen LogP contribution < -0.4 is 19.7 Å². The highest BCUT2D eigenvalue weighted by Crippen LogP contribution is 2.33. The molecule has 6 heteroatoms. The molecular weight excluding hydrogens is 348 g/mol. The number of amides is 1. The average molecular weight is 368 g/mol. The Morgan fingerprint density at radius 2 is 1.88 bits per heavy atom. The molecule has 1 heterocycles. The molecular formula is C20H20N2O3S. The van der Waals surface area contributed by atoms with Crippen molar-refractivity contribution in [3.8, 4) is 11.5 Å². The predicted molar refractivity (Wildman–Crippen MR) is 107 cm³/mol. The number of ether oxygens (including phenoxy) is 2. The van der Waals surface area contributed by atoms with E-state index in [1.54, 1.807) is 26.4 Å². The third-order valence-electron chi connectivity index (χ3n) is 4.22. The molecule has 0 bridgehead atoms. The Kier molecular flexibility index (Phi) is 5.23. The maximum absolute atomic E-state index is 13.0. The van der Waals surface area contributed by atoms with Gasteiger partial charge in [-0.05, 0) is 42.4 Å². The van der Waals surface area contributed by atoms with Gasteiger partial charge in [0, 0.05) is 5.56 Å². The van der Waals surface area contributed by atoms with Crippen molar-refractivity contribution in [3.05, 3.63) is 59.3 Å². The summed E-state index contributed by atoms with van der Waals surface area (Å²) in [7, 11) is 3.14. The normalized spacial score (nSPS) is 15.3. The Hall–Kier alpha value is -2.86. The van der Waals surface area contributed by atoms with Gasteiger partial charge in [0.15, 0.2) is 16.6 Å². The maximum atomic E-state index is 13.0. The Labute approximate surface area is 158 Å². The number of nitrogens with one attached hydrogen (secondary N) is 1. The molecule has 0 atom stereocenters. The maximum Gasteiger partial charge on any atom is 0.281 e. The summed E-state index contributed by atoms with van der Waals surface area (Å²) in [5.74, 6) is 0.972. The molecule has 26 heavy (non-hydrogen) atoms. The van der Waals surface area contributed by atoms with Crippen LogP contribution in [-0.4, -0.2) is 25.2 Å². The number of carbonyl (C=O) groups is 1. The molecule has 1 saturated heterocycles. The molecule has 134 valence electrons. The number of methoxy groups -OCH3 is 2. The van der Waals surface area contributed by atoms with Gasteiger partial charge in [-0.2, -0.15) is 0 Å². The van der Waals surface area contributed by atoms with Gasteiger partial charge < -0.3 is 14.8 Å². The van der Waals surface area contributed by atoms with E-state index >= 15 is 0 Å². The first-order valence-corrected chi connectivity index (χ1v) is 8.67. The lowest BCUT2D eigenvalue weighted by Crippen LogP contribution is -2.31. The molecule has 1 fully saturated rings. The summed E-state index contributed by atoms with van der Waals surface area (Å²) in [5, 5.41) is 3.38. The molecule has 0 saturated carbocycles. The molecule has 3 rings (SSSR count). The predicted octanol–water partition coefficient (Wildman–Crippen LogP) is 3.53. The summed E-state index contributed by atoms with van der Waals surface area (Å²) in [5.41, 5.74) is 2.99. The van der Waals surface area contributed by atoms with Crippen LogP contribution in [0.3, 0.4) is 0 Å². The SMILES string of the molecule is CCc1ccccc1N1C(=O)C(=Cc2cccc(OC)c2OC)NC1=S. The highest BCUT2D eigenvalue weighted by atomic mass is 32.1. The molecule has 0 radical (unpaired) electrons. The highest BCUT2D eigenvalue weighted by Gasteiger charge is 2.33. The fraction of sp³-hybridized carbons (Fsp3) is 0.200. The summed E-state index contributed by atoms with van der Waals surface area (Å²) >= 11 is 5.41. The van der Waals surface area contributed by atoms with Gasteiger partial charge in [-0.3, -0.25) is 9.69 Å². The number of nitrogens with zero attached hydrogens (tertiary/aromatic N) is 1. The van der Waals surface area contributed by atoms with Crippen molar-refractivity contribution < 1.29 is 14.3 Å². The van der Waals surface area contributed by atoms with E-state index in [1.165, 1.54) is 4.90 Å². The third kappa shape index (κ3) is 3.15. The second-order valence-electron chi connectivity index (χ2n) is 5.69. The first kappa shape index (κ1) is 17.9. The van der Waals surface area contributed by atoms with Crippen molar-refractivity contribution in [2.75, 3.05) is 19.1 Å². The molecule has 0 spiro atoms. The molecule has 2 aromatic rings. The van der Waals surface area contributed by atoms with Crippen LogP contribution in [0.1, 0.15) is 18.1 Å². The molecule has 1 aliphatic heterocycles. The van der Waals surface area contributed by atoms with Gasteiger partial charge in [-0.25, -0.2) is 0 Å². The van der Waals surface area contributed by atoms with Gasteiger partial charge >= 0.3 is 0 Å². The van der Waals surface area contributed by atoms with Crippen LogP contribution >= 0.6 is 12.2 Å². The van der Waals surface area contributed by atoms with Crippen molar-refractivity contribution in [2.24, 2.45) is 0 Å². The molecule has 5 nitrogen and oxygen atoms in total. The summed E-state index contributed by atoms with van der Waals surface area (Å²) in [6, 6.07) is 13.3. The number of thiocarbonyl (C=S) groups is 1. The van der Waals surface area contributed by atoms with Crippen LogP contribution in [-0.2, 0) is 11.2 Å². The lowest BCUT2D eigenvalue weighted by atomic mass is 10.1. The van der Waals surface area contributed by atoms with Crippen molar-refractivity contribution in [2.45, 2.75) is 13.3 Å². The highest BCUT2D eigenvalue weighted by molar-refractivity contribution is 7.80. The fourth-order valence-corrected chi connectivity index (χ4v) is 3.25. The molecule has 2 aromatic carbocycles. The number of hydrogen-bond acceptors (Lipinski definition) is 4. The zero-order valence-electron chi connectivity index (χ0n) is 14.9. The number of hydrogen-bond donors (Lipinski definition) is 1. The van der Waals surface area contributed by atoms with Crippen LogP contribution in [0, 0.1) is 0 Å². The van der Waals surface area contributed by atoms with Gasteiger partial charge in [0.2, 0.25) is 0 Å². The minimum absolute atomic E-state index is 0.194. The van der Waals surface area contributed by atoms with E-state index in [9.17, 15) is 4.79 Å². The van der Waals surface area contributed by atoms with E-state index in [0.29, 0.717) is 22.3 Å². The average Bonchev–Trinajstić information content (AvgIpc) is 2.94. The zero-order valence-corrected chi connectivity index (χ0v) is 15.7. The second-order valence-corrected chi connectivity index (χ2v) is 6.08. The van der Waals surface area contributed by atoms with E-state index in [4.69, 9.17) is 21.7 Å². The van der Waals surface area contributed by atoms with Crippen molar-refractivity contribution in [1.82, 2.24) is 5.32 Å². The molecule has 1 N–H and O–H groups in total. The van der Waals surface area contributed by atoms with E-state index in [-0.39, 0.29) is 5.91 Å². The van der Waals surface area contributed by atoms with Crippen LogP contribution in [0.15, 0.2) is 48.2 Å². The Morgan fingerprint density at radius 1 is 1.12 bits per heavy atom. The number of para-hydroxylation sites is 2. The standard InChI is InChI=1S/C20H20N2O3S/c1-4-13-8-5-6-10-16(13)22-19(23)15(21-20(22)26)12-14-9-7-11-17(24-2)18(14)25-3/h5-12H,4H2,1-3H3,(H,21,26). The number of anilines is 1. The molecule has 1 amide bonds. The Morgan fingerprint density at radius 3 is 2.58 bits per heavy atom. The smallest absolute Gasteiger partial charge is 0.281 e. The van der Waals surface area contributed by atoms with Gasteiger partial charge in [-0.15, -0.1) is 0 Å². The summed E-state index contributed by atoms with van der Waals surface area (Å²) in [4.78, 5) is 14.5. The van der Waals surface area contributed by atoms with E-state index < -0.39 is 0 Å². The fourth-order valence-electron chi connectivity index (χ4n) is 2.96. The van der Waals surface area contributed by atoms with E-state index in [0.717, 1.165) is 23.2 Å². The quantitative estimate of drug-likeness (QED) is 0.646. The van der Waals surface area contributed by atoms with Crippen LogP contribution in [0.25, 0.3) is 6.08 Å². The van der Waals surface area contributed by atoms with Gasteiger partial charge in [-0.1, -0.05) is 37.3 Å².